The molecule has 98 valence electrons. The van der Waals surface area contributed by atoms with Crippen LogP contribution in [0, 0.1) is 0 Å². The molecule has 0 saturated carbocycles. The van der Waals surface area contributed by atoms with Gasteiger partial charge in [-0.15, -0.1) is 0 Å². The van der Waals surface area contributed by atoms with Crippen LogP contribution < -0.4 is 16.3 Å². The molecule has 0 fully saturated rings. The third kappa shape index (κ3) is 2.29. The number of rotatable bonds is 0. The van der Waals surface area contributed by atoms with Gasteiger partial charge in [-0.1, -0.05) is 0 Å². The SMILES string of the molecule is CC(C)(C)OC(=O)N1CCc2[nH]c(=O)nc(N)c21. The molecule has 0 saturated heterocycles. The van der Waals surface area contributed by atoms with Crippen molar-refractivity contribution >= 4 is 17.6 Å². The Morgan fingerprint density at radius 1 is 1.50 bits per heavy atom. The maximum Gasteiger partial charge on any atom is 0.414 e. The number of fused-ring (bicyclic) bond motifs is 1. The van der Waals surface area contributed by atoms with E-state index >= 15 is 0 Å². The lowest BCUT2D eigenvalue weighted by Gasteiger charge is -2.24. The van der Waals surface area contributed by atoms with Crippen molar-refractivity contribution in [3.63, 3.8) is 0 Å². The molecule has 1 aliphatic heterocycles. The molecule has 0 atom stereocenters. The molecule has 7 heteroatoms. The zero-order valence-corrected chi connectivity index (χ0v) is 10.6. The van der Waals surface area contributed by atoms with E-state index in [-0.39, 0.29) is 5.82 Å². The van der Waals surface area contributed by atoms with Crippen LogP contribution in [0.3, 0.4) is 0 Å². The van der Waals surface area contributed by atoms with Crippen LogP contribution in [0.5, 0.6) is 0 Å². The van der Waals surface area contributed by atoms with Crippen molar-refractivity contribution in [1.82, 2.24) is 9.97 Å². The van der Waals surface area contributed by atoms with Crippen molar-refractivity contribution in [3.05, 3.63) is 16.2 Å². The van der Waals surface area contributed by atoms with E-state index in [4.69, 9.17) is 10.5 Å². The number of nitrogens with zero attached hydrogens (tertiary/aromatic N) is 2. The molecule has 0 unspecified atom stereocenters. The van der Waals surface area contributed by atoms with Crippen molar-refractivity contribution in [1.29, 1.82) is 0 Å². The Kier molecular flexibility index (Phi) is 2.76. The summed E-state index contributed by atoms with van der Waals surface area (Å²) in [4.78, 5) is 30.7. The lowest BCUT2D eigenvalue weighted by Crippen LogP contribution is -2.36. The number of H-pyrrole nitrogens is 1. The van der Waals surface area contributed by atoms with Crippen molar-refractivity contribution in [2.45, 2.75) is 32.8 Å². The smallest absolute Gasteiger partial charge is 0.414 e. The minimum Gasteiger partial charge on any atom is -0.443 e. The molecular formula is C11H16N4O3. The molecule has 1 aliphatic rings. The molecule has 18 heavy (non-hydrogen) atoms. The Morgan fingerprint density at radius 2 is 2.17 bits per heavy atom. The largest absolute Gasteiger partial charge is 0.443 e. The van der Waals surface area contributed by atoms with Crippen LogP contribution in [-0.2, 0) is 11.2 Å². The molecular weight excluding hydrogens is 236 g/mol. The lowest BCUT2D eigenvalue weighted by atomic mass is 10.2. The van der Waals surface area contributed by atoms with Gasteiger partial charge in [0.2, 0.25) is 0 Å². The first-order chi connectivity index (χ1) is 8.28. The van der Waals surface area contributed by atoms with Crippen molar-refractivity contribution < 1.29 is 9.53 Å². The molecule has 7 nitrogen and oxygen atoms in total. The summed E-state index contributed by atoms with van der Waals surface area (Å²) >= 11 is 0. The summed E-state index contributed by atoms with van der Waals surface area (Å²) in [5, 5.41) is 0. The van der Waals surface area contributed by atoms with E-state index in [0.717, 1.165) is 0 Å². The number of hydrogen-bond acceptors (Lipinski definition) is 5. The van der Waals surface area contributed by atoms with Crippen LogP contribution in [0.25, 0.3) is 0 Å². The molecule has 1 aromatic heterocycles. The highest BCUT2D eigenvalue weighted by Gasteiger charge is 2.31. The molecule has 0 aromatic carbocycles. The van der Waals surface area contributed by atoms with Gasteiger partial charge in [-0.2, -0.15) is 4.98 Å². The first-order valence-electron chi connectivity index (χ1n) is 5.67. The monoisotopic (exact) mass is 252 g/mol. The summed E-state index contributed by atoms with van der Waals surface area (Å²) < 4.78 is 5.28. The van der Waals surface area contributed by atoms with E-state index in [1.807, 2.05) is 0 Å². The predicted molar refractivity (Wildman–Crippen MR) is 66.6 cm³/mol. The van der Waals surface area contributed by atoms with Crippen LogP contribution in [0.1, 0.15) is 26.5 Å². The zero-order valence-electron chi connectivity index (χ0n) is 10.6. The number of carbonyl (C=O) groups is 1. The topological polar surface area (TPSA) is 101 Å². The maximum atomic E-state index is 12.0. The zero-order chi connectivity index (χ0) is 13.5. The molecule has 0 spiro atoms. The van der Waals surface area contributed by atoms with Gasteiger partial charge in [0.1, 0.15) is 11.3 Å². The molecule has 1 aromatic rings. The Balaban J connectivity index is 2.32. The number of nitrogens with two attached hydrogens (primary N) is 1. The van der Waals surface area contributed by atoms with Gasteiger partial charge in [-0.05, 0) is 20.8 Å². The Bertz CT molecular complexity index is 544. The third-order valence-corrected chi connectivity index (χ3v) is 2.48. The van der Waals surface area contributed by atoms with Gasteiger partial charge < -0.3 is 15.5 Å². The first-order valence-corrected chi connectivity index (χ1v) is 5.67. The third-order valence-electron chi connectivity index (χ3n) is 2.48. The fourth-order valence-electron chi connectivity index (χ4n) is 1.85. The standard InChI is InChI=1S/C11H16N4O3/c1-11(2,3)18-10(17)15-5-4-6-7(15)8(12)14-9(16)13-6/h4-5H2,1-3H3,(H3,12,13,14,16). The van der Waals surface area contributed by atoms with Gasteiger partial charge in [0.05, 0.1) is 0 Å². The van der Waals surface area contributed by atoms with E-state index in [0.29, 0.717) is 24.3 Å². The molecule has 0 bridgehead atoms. The predicted octanol–water partition coefficient (Wildman–Crippen LogP) is 0.650. The number of nitrogens with one attached hydrogen (secondary N) is 1. The van der Waals surface area contributed by atoms with E-state index in [1.54, 1.807) is 20.8 Å². The lowest BCUT2D eigenvalue weighted by molar-refractivity contribution is 0.0584. The number of amides is 1. The summed E-state index contributed by atoms with van der Waals surface area (Å²) in [6.07, 6.45) is 0.0538. The van der Waals surface area contributed by atoms with Crippen LogP contribution in [0.2, 0.25) is 0 Å². The van der Waals surface area contributed by atoms with Crippen LogP contribution in [-0.4, -0.2) is 28.2 Å². The van der Waals surface area contributed by atoms with Crippen molar-refractivity contribution in [2.75, 3.05) is 17.2 Å². The molecule has 1 amide bonds. The van der Waals surface area contributed by atoms with Crippen molar-refractivity contribution in [2.24, 2.45) is 0 Å². The second-order valence-corrected chi connectivity index (χ2v) is 5.14. The summed E-state index contributed by atoms with van der Waals surface area (Å²) in [6, 6.07) is 0. The summed E-state index contributed by atoms with van der Waals surface area (Å²) in [7, 11) is 0. The highest BCUT2D eigenvalue weighted by Crippen LogP contribution is 2.30. The number of carbonyl (C=O) groups excluding carboxylic acids is 1. The Labute approximate surface area is 104 Å². The Hall–Kier alpha value is -2.05. The molecule has 2 rings (SSSR count). The number of nitrogen functional groups attached to an aromatic ring is 1. The highest BCUT2D eigenvalue weighted by atomic mass is 16.6. The van der Waals surface area contributed by atoms with Gasteiger partial charge in [0.15, 0.2) is 5.82 Å². The average Bonchev–Trinajstić information content (AvgIpc) is 2.58. The minimum absolute atomic E-state index is 0.0529. The second kappa shape index (κ2) is 4.01. The minimum atomic E-state index is -0.579. The first kappa shape index (κ1) is 12.4. The maximum absolute atomic E-state index is 12.0. The number of aromatic amines is 1. The van der Waals surface area contributed by atoms with Crippen molar-refractivity contribution in [3.8, 4) is 0 Å². The average molecular weight is 252 g/mol. The van der Waals surface area contributed by atoms with Crippen LogP contribution in [0.4, 0.5) is 16.3 Å². The van der Waals surface area contributed by atoms with Gasteiger partial charge in [-0.3, -0.25) is 4.90 Å². The summed E-state index contributed by atoms with van der Waals surface area (Å²) in [5.74, 6) is 0.0529. The normalized spacial score (nSPS) is 14.5. The van der Waals surface area contributed by atoms with Crippen LogP contribution >= 0.6 is 0 Å². The van der Waals surface area contributed by atoms with Gasteiger partial charge in [0.25, 0.3) is 0 Å². The number of hydrogen-bond donors (Lipinski definition) is 2. The van der Waals surface area contributed by atoms with Crippen LogP contribution in [0.15, 0.2) is 4.79 Å². The Morgan fingerprint density at radius 3 is 2.78 bits per heavy atom. The quantitative estimate of drug-likeness (QED) is 0.706. The summed E-state index contributed by atoms with van der Waals surface area (Å²) in [6.45, 7) is 5.79. The van der Waals surface area contributed by atoms with E-state index in [1.165, 1.54) is 4.90 Å². The van der Waals surface area contributed by atoms with Gasteiger partial charge in [-0.25, -0.2) is 9.59 Å². The van der Waals surface area contributed by atoms with Gasteiger partial charge in [0, 0.05) is 18.7 Å². The molecule has 0 aliphatic carbocycles. The molecule has 3 N–H and O–H groups in total. The number of aromatic nitrogens is 2. The van der Waals surface area contributed by atoms with E-state index in [2.05, 4.69) is 9.97 Å². The number of anilines is 2. The van der Waals surface area contributed by atoms with E-state index < -0.39 is 17.4 Å². The number of ether oxygens (including phenoxy) is 1. The summed E-state index contributed by atoms with van der Waals surface area (Å²) in [5.41, 5.74) is 5.67. The van der Waals surface area contributed by atoms with Gasteiger partial charge >= 0.3 is 11.8 Å². The highest BCUT2D eigenvalue weighted by molar-refractivity contribution is 5.93. The molecule has 0 radical (unpaired) electrons. The fourth-order valence-corrected chi connectivity index (χ4v) is 1.85. The fraction of sp³-hybridized carbons (Fsp3) is 0.545. The second-order valence-electron chi connectivity index (χ2n) is 5.14. The van der Waals surface area contributed by atoms with E-state index in [9.17, 15) is 9.59 Å². The molecule has 2 heterocycles.